The Kier molecular flexibility index (Phi) is 4.56. The molecule has 0 fully saturated rings. The Morgan fingerprint density at radius 2 is 1.79 bits per heavy atom. The highest BCUT2D eigenvalue weighted by atomic mass is 32.2. The summed E-state index contributed by atoms with van der Waals surface area (Å²) in [6.45, 7) is 3.90. The van der Waals surface area contributed by atoms with Crippen LogP contribution in [0, 0.1) is 13.8 Å². The lowest BCUT2D eigenvalue weighted by Gasteiger charge is -2.25. The van der Waals surface area contributed by atoms with Gasteiger partial charge in [-0.1, -0.05) is 23.8 Å². The van der Waals surface area contributed by atoms with Crippen LogP contribution in [-0.4, -0.2) is 28.0 Å². The summed E-state index contributed by atoms with van der Waals surface area (Å²) in [4.78, 5) is 4.22. The largest absolute Gasteiger partial charge is 0.286 e. The van der Waals surface area contributed by atoms with Crippen molar-refractivity contribution in [3.8, 4) is 0 Å². The van der Waals surface area contributed by atoms with Crippen molar-refractivity contribution in [1.29, 1.82) is 0 Å². The first-order valence-corrected chi connectivity index (χ1v) is 10.2. The summed E-state index contributed by atoms with van der Waals surface area (Å²) in [5.41, 5.74) is 2.73. The van der Waals surface area contributed by atoms with Crippen LogP contribution in [0.4, 0.5) is 5.69 Å². The van der Waals surface area contributed by atoms with E-state index in [4.69, 9.17) is 0 Å². The molecule has 0 radical (unpaired) electrons. The second-order valence-electron chi connectivity index (χ2n) is 6.52. The van der Waals surface area contributed by atoms with Crippen molar-refractivity contribution in [1.82, 2.24) is 19.6 Å². The van der Waals surface area contributed by atoms with Gasteiger partial charge in [-0.3, -0.25) is 13.7 Å². The molecule has 0 aliphatic heterocycles. The molecule has 0 unspecified atom stereocenters. The van der Waals surface area contributed by atoms with Crippen molar-refractivity contribution in [2.24, 2.45) is 0 Å². The van der Waals surface area contributed by atoms with E-state index in [0.717, 1.165) is 11.1 Å². The Labute approximate surface area is 163 Å². The van der Waals surface area contributed by atoms with Crippen LogP contribution in [0.1, 0.15) is 17.0 Å². The molecule has 0 saturated carbocycles. The Bertz CT molecular complexity index is 1220. The summed E-state index contributed by atoms with van der Waals surface area (Å²) in [6.07, 6.45) is 5.08. The maximum Gasteiger partial charge on any atom is 0.268 e. The van der Waals surface area contributed by atoms with Crippen LogP contribution in [0.2, 0.25) is 0 Å². The van der Waals surface area contributed by atoms with Gasteiger partial charge in [0.2, 0.25) is 0 Å². The zero-order valence-corrected chi connectivity index (χ0v) is 16.3. The number of pyridine rings is 2. The monoisotopic (exact) mass is 393 g/mol. The molecule has 3 heterocycles. The molecule has 142 valence electrons. The predicted octanol–water partition coefficient (Wildman–Crippen LogP) is 3.14. The molecule has 1 aromatic carbocycles. The summed E-state index contributed by atoms with van der Waals surface area (Å²) >= 11 is 0. The summed E-state index contributed by atoms with van der Waals surface area (Å²) in [5, 5.41) is 8.09. The first-order valence-electron chi connectivity index (χ1n) is 8.75. The molecule has 0 saturated heterocycles. The van der Waals surface area contributed by atoms with Gasteiger partial charge in [-0.15, -0.1) is 10.2 Å². The van der Waals surface area contributed by atoms with Gasteiger partial charge in [0, 0.05) is 18.6 Å². The van der Waals surface area contributed by atoms with Crippen LogP contribution in [0.25, 0.3) is 5.65 Å². The number of nitrogens with zero attached hydrogens (tertiary/aromatic N) is 5. The topological polar surface area (TPSA) is 80.5 Å². The van der Waals surface area contributed by atoms with E-state index in [2.05, 4.69) is 15.2 Å². The smallest absolute Gasteiger partial charge is 0.268 e. The van der Waals surface area contributed by atoms with E-state index in [9.17, 15) is 8.42 Å². The number of hydrogen-bond acceptors (Lipinski definition) is 5. The normalized spacial score (nSPS) is 11.6. The number of rotatable bonds is 5. The third kappa shape index (κ3) is 3.22. The lowest BCUT2D eigenvalue weighted by atomic mass is 10.2. The Morgan fingerprint density at radius 3 is 2.50 bits per heavy atom. The van der Waals surface area contributed by atoms with Crippen LogP contribution in [0.15, 0.2) is 72.0 Å². The molecule has 0 spiro atoms. The molecule has 0 aliphatic carbocycles. The summed E-state index contributed by atoms with van der Waals surface area (Å²) < 4.78 is 30.4. The van der Waals surface area contributed by atoms with Gasteiger partial charge in [0.25, 0.3) is 10.0 Å². The number of sulfonamides is 1. The van der Waals surface area contributed by atoms with E-state index in [0.29, 0.717) is 17.2 Å². The Balaban J connectivity index is 1.87. The van der Waals surface area contributed by atoms with Crippen molar-refractivity contribution in [2.45, 2.75) is 25.3 Å². The van der Waals surface area contributed by atoms with Gasteiger partial charge in [-0.2, -0.15) is 0 Å². The minimum atomic E-state index is -3.90. The minimum absolute atomic E-state index is 0.111. The second kappa shape index (κ2) is 7.05. The average Bonchev–Trinajstić information content (AvgIpc) is 3.09. The molecule has 4 aromatic rings. The van der Waals surface area contributed by atoms with Crippen LogP contribution in [0.5, 0.6) is 0 Å². The molecule has 7 nitrogen and oxygen atoms in total. The zero-order valence-electron chi connectivity index (χ0n) is 15.5. The maximum atomic E-state index is 13.7. The summed E-state index contributed by atoms with van der Waals surface area (Å²) in [7, 11) is -3.90. The number of aryl methyl sites for hydroxylation is 2. The standard InChI is InChI=1S/C20H19N5O2S/c1-15-7-9-18(10-8-15)25(14-17-5-3-11-21-13-17)28(26,27)19-6-4-12-24-16(2)22-23-20(19)24/h3-13H,14H2,1-2H3. The molecule has 0 bridgehead atoms. The molecule has 0 amide bonds. The Hall–Kier alpha value is -3.26. The maximum absolute atomic E-state index is 13.7. The lowest BCUT2D eigenvalue weighted by molar-refractivity contribution is 0.590. The van der Waals surface area contributed by atoms with Gasteiger partial charge in [0.15, 0.2) is 5.65 Å². The molecule has 0 aliphatic rings. The van der Waals surface area contributed by atoms with Gasteiger partial charge in [0.1, 0.15) is 10.7 Å². The molecular formula is C20H19N5O2S. The van der Waals surface area contributed by atoms with Crippen molar-refractivity contribution in [3.05, 3.63) is 84.1 Å². The molecule has 0 N–H and O–H groups in total. The van der Waals surface area contributed by atoms with Crippen LogP contribution >= 0.6 is 0 Å². The van der Waals surface area contributed by atoms with E-state index >= 15 is 0 Å². The molecule has 28 heavy (non-hydrogen) atoms. The third-order valence-corrected chi connectivity index (χ3v) is 6.30. The third-order valence-electron chi connectivity index (χ3n) is 4.51. The number of anilines is 1. The molecule has 8 heteroatoms. The summed E-state index contributed by atoms with van der Waals surface area (Å²) in [5.74, 6) is 0.626. The van der Waals surface area contributed by atoms with E-state index in [1.165, 1.54) is 4.31 Å². The second-order valence-corrected chi connectivity index (χ2v) is 8.35. The highest BCUT2D eigenvalue weighted by Gasteiger charge is 2.28. The molecule has 4 rings (SSSR count). The molecule has 0 atom stereocenters. The van der Waals surface area contributed by atoms with Crippen LogP contribution in [0.3, 0.4) is 0 Å². The lowest BCUT2D eigenvalue weighted by Crippen LogP contribution is -2.31. The van der Waals surface area contributed by atoms with E-state index in [-0.39, 0.29) is 11.4 Å². The fourth-order valence-corrected chi connectivity index (χ4v) is 4.59. The minimum Gasteiger partial charge on any atom is -0.286 e. The van der Waals surface area contributed by atoms with Gasteiger partial charge in [-0.05, 0) is 49.7 Å². The highest BCUT2D eigenvalue weighted by molar-refractivity contribution is 7.93. The molecule has 3 aromatic heterocycles. The number of aromatic nitrogens is 4. The fourth-order valence-electron chi connectivity index (χ4n) is 3.01. The quantitative estimate of drug-likeness (QED) is 0.520. The van der Waals surface area contributed by atoms with Gasteiger partial charge in [-0.25, -0.2) is 8.42 Å². The first-order chi connectivity index (χ1) is 13.5. The van der Waals surface area contributed by atoms with E-state index in [1.807, 2.05) is 25.1 Å². The molecular weight excluding hydrogens is 374 g/mol. The fraction of sp³-hybridized carbons (Fsp3) is 0.150. The van der Waals surface area contributed by atoms with Crippen molar-refractivity contribution < 1.29 is 8.42 Å². The van der Waals surface area contributed by atoms with Crippen molar-refractivity contribution >= 4 is 21.4 Å². The van der Waals surface area contributed by atoms with Crippen LogP contribution in [-0.2, 0) is 16.6 Å². The van der Waals surface area contributed by atoms with E-state index in [1.54, 1.807) is 60.2 Å². The average molecular weight is 393 g/mol. The predicted molar refractivity (Wildman–Crippen MR) is 107 cm³/mol. The van der Waals surface area contributed by atoms with Gasteiger partial charge >= 0.3 is 0 Å². The van der Waals surface area contributed by atoms with Crippen LogP contribution < -0.4 is 4.31 Å². The number of hydrogen-bond donors (Lipinski definition) is 0. The SMILES string of the molecule is Cc1ccc(N(Cc2cccnc2)S(=O)(=O)c2cccn3c(C)nnc23)cc1. The zero-order chi connectivity index (χ0) is 19.7. The van der Waals surface area contributed by atoms with Gasteiger partial charge < -0.3 is 0 Å². The first kappa shape index (κ1) is 18.1. The number of fused-ring (bicyclic) bond motifs is 1. The van der Waals surface area contributed by atoms with Gasteiger partial charge in [0.05, 0.1) is 12.2 Å². The van der Waals surface area contributed by atoms with Crippen molar-refractivity contribution in [3.63, 3.8) is 0 Å². The Morgan fingerprint density at radius 1 is 1.00 bits per heavy atom. The number of benzene rings is 1. The highest BCUT2D eigenvalue weighted by Crippen LogP contribution is 2.28. The summed E-state index contributed by atoms with van der Waals surface area (Å²) in [6, 6.07) is 14.3. The van der Waals surface area contributed by atoms with E-state index < -0.39 is 10.0 Å². The van der Waals surface area contributed by atoms with Crippen molar-refractivity contribution in [2.75, 3.05) is 4.31 Å².